The van der Waals surface area contributed by atoms with Crippen LogP contribution in [0.15, 0.2) is 0 Å². The van der Waals surface area contributed by atoms with Crippen LogP contribution in [-0.4, -0.2) is 29.3 Å². The number of aliphatic hydroxyl groups is 1. The van der Waals surface area contributed by atoms with Gasteiger partial charge in [0.25, 0.3) is 0 Å². The third-order valence-corrected chi connectivity index (χ3v) is 3.89. The molecule has 2 atom stereocenters. The highest BCUT2D eigenvalue weighted by atomic mass is 16.3. The predicted molar refractivity (Wildman–Crippen MR) is 68.3 cm³/mol. The summed E-state index contributed by atoms with van der Waals surface area (Å²) in [5.41, 5.74) is 5.27. The summed E-state index contributed by atoms with van der Waals surface area (Å²) in [4.78, 5) is 0. The highest BCUT2D eigenvalue weighted by Crippen LogP contribution is 2.34. The van der Waals surface area contributed by atoms with E-state index in [1.165, 1.54) is 19.3 Å². The fourth-order valence-corrected chi connectivity index (χ4v) is 2.65. The molecule has 3 nitrogen and oxygen atoms in total. The minimum atomic E-state index is -0.731. The highest BCUT2D eigenvalue weighted by Gasteiger charge is 2.40. The molecule has 0 saturated heterocycles. The third kappa shape index (κ3) is 3.44. The molecule has 0 aromatic carbocycles. The summed E-state index contributed by atoms with van der Waals surface area (Å²) in [6.07, 6.45) is 6.03. The molecule has 1 rings (SSSR count). The Morgan fingerprint density at radius 1 is 1.25 bits per heavy atom. The lowest BCUT2D eigenvalue weighted by Crippen LogP contribution is -2.58. The summed E-state index contributed by atoms with van der Waals surface area (Å²) in [6.45, 7) is 6.74. The Hall–Kier alpha value is -0.120. The minimum absolute atomic E-state index is 0.165. The van der Waals surface area contributed by atoms with Crippen molar-refractivity contribution in [1.29, 1.82) is 0 Å². The van der Waals surface area contributed by atoms with Gasteiger partial charge in [0.1, 0.15) is 0 Å². The van der Waals surface area contributed by atoms with E-state index >= 15 is 0 Å². The SMILES string of the molecule is CC(C)NC[C@@](O)(C1CCCCC1)[C@H](C)N. The number of rotatable bonds is 5. The molecular formula is C13H28N2O. The number of hydrogen-bond donors (Lipinski definition) is 3. The fraction of sp³-hybridized carbons (Fsp3) is 1.00. The van der Waals surface area contributed by atoms with Crippen molar-refractivity contribution in [3.05, 3.63) is 0 Å². The van der Waals surface area contributed by atoms with E-state index in [1.807, 2.05) is 6.92 Å². The van der Waals surface area contributed by atoms with Crippen LogP contribution < -0.4 is 11.1 Å². The van der Waals surface area contributed by atoms with Gasteiger partial charge in [-0.2, -0.15) is 0 Å². The normalized spacial score (nSPS) is 24.4. The molecule has 0 aromatic heterocycles. The van der Waals surface area contributed by atoms with Gasteiger partial charge in [-0.1, -0.05) is 33.1 Å². The van der Waals surface area contributed by atoms with Gasteiger partial charge in [0.15, 0.2) is 0 Å². The summed E-state index contributed by atoms with van der Waals surface area (Å²) in [6, 6.07) is 0.232. The Bertz CT molecular complexity index is 200. The topological polar surface area (TPSA) is 58.3 Å². The molecule has 1 saturated carbocycles. The molecule has 1 aliphatic carbocycles. The molecule has 0 amide bonds. The zero-order valence-corrected chi connectivity index (χ0v) is 11.0. The summed E-state index contributed by atoms with van der Waals surface area (Å²) in [5, 5.41) is 14.1. The molecule has 0 unspecified atom stereocenters. The van der Waals surface area contributed by atoms with Crippen molar-refractivity contribution in [2.75, 3.05) is 6.54 Å². The summed E-state index contributed by atoms with van der Waals surface area (Å²) < 4.78 is 0. The molecule has 0 aliphatic heterocycles. The van der Waals surface area contributed by atoms with Crippen molar-refractivity contribution in [2.45, 2.75) is 70.6 Å². The first-order chi connectivity index (χ1) is 7.47. The molecule has 0 bridgehead atoms. The van der Waals surface area contributed by atoms with E-state index in [0.717, 1.165) is 12.8 Å². The van der Waals surface area contributed by atoms with Crippen LogP contribution in [0.3, 0.4) is 0 Å². The van der Waals surface area contributed by atoms with E-state index in [2.05, 4.69) is 19.2 Å². The Labute approximate surface area is 99.8 Å². The maximum atomic E-state index is 10.8. The molecule has 96 valence electrons. The summed E-state index contributed by atoms with van der Waals surface area (Å²) in [7, 11) is 0. The smallest absolute Gasteiger partial charge is 0.0946 e. The lowest BCUT2D eigenvalue weighted by atomic mass is 9.73. The molecule has 1 aliphatic rings. The molecule has 0 heterocycles. The zero-order chi connectivity index (χ0) is 12.2. The average molecular weight is 228 g/mol. The van der Waals surface area contributed by atoms with Crippen LogP contribution in [0.5, 0.6) is 0 Å². The lowest BCUT2D eigenvalue weighted by molar-refractivity contribution is -0.0492. The Balaban J connectivity index is 2.62. The molecule has 1 fully saturated rings. The van der Waals surface area contributed by atoms with Crippen molar-refractivity contribution in [2.24, 2.45) is 11.7 Å². The first kappa shape index (κ1) is 13.9. The molecular weight excluding hydrogens is 200 g/mol. The fourth-order valence-electron chi connectivity index (χ4n) is 2.65. The van der Waals surface area contributed by atoms with Gasteiger partial charge in [-0.15, -0.1) is 0 Å². The van der Waals surface area contributed by atoms with Gasteiger partial charge in [-0.25, -0.2) is 0 Å². The van der Waals surface area contributed by atoms with E-state index in [-0.39, 0.29) is 6.04 Å². The molecule has 4 N–H and O–H groups in total. The van der Waals surface area contributed by atoms with Crippen LogP contribution in [0.2, 0.25) is 0 Å². The molecule has 16 heavy (non-hydrogen) atoms. The second-order valence-electron chi connectivity index (χ2n) is 5.65. The molecule has 0 aromatic rings. The lowest BCUT2D eigenvalue weighted by Gasteiger charge is -2.42. The quantitative estimate of drug-likeness (QED) is 0.670. The van der Waals surface area contributed by atoms with Crippen LogP contribution in [0.25, 0.3) is 0 Å². The molecule has 0 radical (unpaired) electrons. The summed E-state index contributed by atoms with van der Waals surface area (Å²) >= 11 is 0. The second kappa shape index (κ2) is 5.99. The van der Waals surface area contributed by atoms with E-state index in [4.69, 9.17) is 5.73 Å². The monoisotopic (exact) mass is 228 g/mol. The van der Waals surface area contributed by atoms with Gasteiger partial charge in [0, 0.05) is 18.6 Å². The Morgan fingerprint density at radius 2 is 1.81 bits per heavy atom. The van der Waals surface area contributed by atoms with Crippen LogP contribution in [0, 0.1) is 5.92 Å². The van der Waals surface area contributed by atoms with Crippen LogP contribution in [0.1, 0.15) is 52.9 Å². The first-order valence-electron chi connectivity index (χ1n) is 6.68. The second-order valence-corrected chi connectivity index (χ2v) is 5.65. The van der Waals surface area contributed by atoms with Crippen molar-refractivity contribution in [3.63, 3.8) is 0 Å². The predicted octanol–water partition coefficient (Wildman–Crippen LogP) is 1.64. The summed E-state index contributed by atoms with van der Waals surface area (Å²) in [5.74, 6) is 0.368. The van der Waals surface area contributed by atoms with E-state index in [0.29, 0.717) is 18.5 Å². The minimum Gasteiger partial charge on any atom is -0.387 e. The van der Waals surface area contributed by atoms with Crippen molar-refractivity contribution in [3.8, 4) is 0 Å². The van der Waals surface area contributed by atoms with Crippen molar-refractivity contribution >= 4 is 0 Å². The largest absolute Gasteiger partial charge is 0.387 e. The number of nitrogens with one attached hydrogen (secondary N) is 1. The van der Waals surface area contributed by atoms with Gasteiger partial charge in [-0.3, -0.25) is 0 Å². The van der Waals surface area contributed by atoms with Crippen LogP contribution in [-0.2, 0) is 0 Å². The molecule has 3 heteroatoms. The van der Waals surface area contributed by atoms with Gasteiger partial charge in [0.05, 0.1) is 5.60 Å². The Kier molecular flexibility index (Phi) is 5.22. The van der Waals surface area contributed by atoms with Gasteiger partial charge < -0.3 is 16.2 Å². The van der Waals surface area contributed by atoms with Crippen molar-refractivity contribution < 1.29 is 5.11 Å². The number of nitrogens with two attached hydrogens (primary N) is 1. The van der Waals surface area contributed by atoms with Gasteiger partial charge in [0.2, 0.25) is 0 Å². The molecule has 0 spiro atoms. The maximum absolute atomic E-state index is 10.8. The first-order valence-corrected chi connectivity index (χ1v) is 6.68. The average Bonchev–Trinajstić information content (AvgIpc) is 2.26. The van der Waals surface area contributed by atoms with Gasteiger partial charge in [-0.05, 0) is 25.7 Å². The van der Waals surface area contributed by atoms with E-state index in [1.54, 1.807) is 0 Å². The highest BCUT2D eigenvalue weighted by molar-refractivity contribution is 4.96. The zero-order valence-electron chi connectivity index (χ0n) is 11.0. The third-order valence-electron chi connectivity index (χ3n) is 3.89. The number of hydrogen-bond acceptors (Lipinski definition) is 3. The van der Waals surface area contributed by atoms with E-state index in [9.17, 15) is 5.11 Å². The van der Waals surface area contributed by atoms with Crippen molar-refractivity contribution in [1.82, 2.24) is 5.32 Å². The maximum Gasteiger partial charge on any atom is 0.0946 e. The van der Waals surface area contributed by atoms with Crippen LogP contribution in [0.4, 0.5) is 0 Å². The van der Waals surface area contributed by atoms with Crippen LogP contribution >= 0.6 is 0 Å². The van der Waals surface area contributed by atoms with E-state index < -0.39 is 5.60 Å². The Morgan fingerprint density at radius 3 is 2.25 bits per heavy atom. The van der Waals surface area contributed by atoms with Gasteiger partial charge >= 0.3 is 0 Å². The standard InChI is InChI=1S/C13H28N2O/c1-10(2)15-9-13(16,11(3)14)12-7-5-4-6-8-12/h10-12,15-16H,4-9,14H2,1-3H3/t11-,13-/m0/s1.